The Morgan fingerprint density at radius 3 is 2.87 bits per heavy atom. The third kappa shape index (κ3) is 3.43. The average molecular weight is 393 g/mol. The lowest BCUT2D eigenvalue weighted by Crippen LogP contribution is -2.26. The molecule has 0 atom stereocenters. The van der Waals surface area contributed by atoms with E-state index < -0.39 is 0 Å². The number of hydrogen-bond donors (Lipinski definition) is 1. The molecule has 0 bridgehead atoms. The standard InChI is InChI=1S/C17H17BrN2O2S/c1-2-19-17(21)14-10-15-16(13(18)11-23-15)20(14)8-9-22-12-6-4-3-5-7-12/h3-7,10-11H,2,8-9H2,1H3,(H,19,21). The van der Waals surface area contributed by atoms with Crippen molar-refractivity contribution in [3.8, 4) is 5.75 Å². The zero-order valence-corrected chi connectivity index (χ0v) is 15.1. The van der Waals surface area contributed by atoms with E-state index in [0.29, 0.717) is 25.4 Å². The number of ether oxygens (including phenoxy) is 1. The maximum Gasteiger partial charge on any atom is 0.267 e. The predicted octanol–water partition coefficient (Wildman–Crippen LogP) is 4.29. The van der Waals surface area contributed by atoms with Crippen LogP contribution in [0.5, 0.6) is 5.75 Å². The summed E-state index contributed by atoms with van der Waals surface area (Å²) in [4.78, 5) is 12.3. The molecule has 23 heavy (non-hydrogen) atoms. The third-order valence-electron chi connectivity index (χ3n) is 3.47. The van der Waals surface area contributed by atoms with E-state index in [4.69, 9.17) is 4.74 Å². The number of benzene rings is 1. The molecular formula is C17H17BrN2O2S. The predicted molar refractivity (Wildman–Crippen MR) is 97.5 cm³/mol. The van der Waals surface area contributed by atoms with E-state index in [1.165, 1.54) is 0 Å². The third-order valence-corrected chi connectivity index (χ3v) is 5.30. The summed E-state index contributed by atoms with van der Waals surface area (Å²) in [6, 6.07) is 11.6. The molecule has 3 aromatic rings. The first-order valence-corrected chi connectivity index (χ1v) is 9.10. The van der Waals surface area contributed by atoms with Crippen LogP contribution in [0.4, 0.5) is 0 Å². The van der Waals surface area contributed by atoms with Gasteiger partial charge in [0.2, 0.25) is 0 Å². The molecule has 6 heteroatoms. The molecule has 2 heterocycles. The minimum atomic E-state index is -0.0532. The number of carbonyl (C=O) groups is 1. The monoisotopic (exact) mass is 392 g/mol. The van der Waals surface area contributed by atoms with Crippen molar-refractivity contribution in [2.75, 3.05) is 13.2 Å². The number of amides is 1. The lowest BCUT2D eigenvalue weighted by atomic mass is 10.3. The van der Waals surface area contributed by atoms with Gasteiger partial charge in [-0.1, -0.05) is 18.2 Å². The molecule has 0 spiro atoms. The molecule has 0 aliphatic rings. The Hall–Kier alpha value is -1.79. The van der Waals surface area contributed by atoms with Crippen molar-refractivity contribution in [3.63, 3.8) is 0 Å². The molecule has 120 valence electrons. The molecule has 0 radical (unpaired) electrons. The summed E-state index contributed by atoms with van der Waals surface area (Å²) < 4.78 is 9.90. The van der Waals surface area contributed by atoms with E-state index in [1.807, 2.05) is 53.3 Å². The highest BCUT2D eigenvalue weighted by atomic mass is 79.9. The molecule has 2 aromatic heterocycles. The molecular weight excluding hydrogens is 376 g/mol. The summed E-state index contributed by atoms with van der Waals surface area (Å²) in [7, 11) is 0. The number of aromatic nitrogens is 1. The Kier molecular flexibility index (Phi) is 5.03. The van der Waals surface area contributed by atoms with Crippen molar-refractivity contribution in [1.82, 2.24) is 9.88 Å². The second kappa shape index (κ2) is 7.19. The number of para-hydroxylation sites is 1. The summed E-state index contributed by atoms with van der Waals surface area (Å²) in [5, 5.41) is 4.91. The van der Waals surface area contributed by atoms with E-state index in [1.54, 1.807) is 11.3 Å². The fourth-order valence-corrected chi connectivity index (χ4v) is 4.17. The smallest absolute Gasteiger partial charge is 0.267 e. The normalized spacial score (nSPS) is 10.9. The molecule has 0 saturated heterocycles. The highest BCUT2D eigenvalue weighted by molar-refractivity contribution is 9.10. The SMILES string of the molecule is CCNC(=O)c1cc2scc(Br)c2n1CCOc1ccccc1. The summed E-state index contributed by atoms with van der Waals surface area (Å²) in [6.45, 7) is 3.64. The number of hydrogen-bond acceptors (Lipinski definition) is 3. The molecule has 0 aliphatic heterocycles. The first-order valence-electron chi connectivity index (χ1n) is 7.43. The highest BCUT2D eigenvalue weighted by Crippen LogP contribution is 2.33. The van der Waals surface area contributed by atoms with Crippen LogP contribution < -0.4 is 10.1 Å². The van der Waals surface area contributed by atoms with E-state index in [-0.39, 0.29) is 5.91 Å². The van der Waals surface area contributed by atoms with Gasteiger partial charge in [-0.05, 0) is 41.1 Å². The van der Waals surface area contributed by atoms with Crippen LogP contribution in [-0.4, -0.2) is 23.6 Å². The minimum Gasteiger partial charge on any atom is -0.492 e. The van der Waals surface area contributed by atoms with Gasteiger partial charge in [0.25, 0.3) is 5.91 Å². The van der Waals surface area contributed by atoms with Gasteiger partial charge in [0, 0.05) is 11.9 Å². The largest absolute Gasteiger partial charge is 0.492 e. The van der Waals surface area contributed by atoms with Gasteiger partial charge in [-0.3, -0.25) is 4.79 Å². The van der Waals surface area contributed by atoms with Crippen molar-refractivity contribution in [2.24, 2.45) is 0 Å². The van der Waals surface area contributed by atoms with E-state index in [9.17, 15) is 4.79 Å². The van der Waals surface area contributed by atoms with Crippen LogP contribution in [-0.2, 0) is 6.54 Å². The molecule has 0 saturated carbocycles. The van der Waals surface area contributed by atoms with Crippen LogP contribution in [0.15, 0.2) is 46.3 Å². The van der Waals surface area contributed by atoms with Crippen LogP contribution in [0.1, 0.15) is 17.4 Å². The van der Waals surface area contributed by atoms with Gasteiger partial charge in [-0.25, -0.2) is 0 Å². The second-order valence-electron chi connectivity index (χ2n) is 5.00. The van der Waals surface area contributed by atoms with Crippen LogP contribution in [0.2, 0.25) is 0 Å². The van der Waals surface area contributed by atoms with E-state index in [0.717, 1.165) is 20.4 Å². The van der Waals surface area contributed by atoms with Crippen LogP contribution in [0, 0.1) is 0 Å². The first kappa shape index (κ1) is 16.1. The van der Waals surface area contributed by atoms with E-state index >= 15 is 0 Å². The summed E-state index contributed by atoms with van der Waals surface area (Å²) in [5.74, 6) is 0.780. The Bertz CT molecular complexity index is 811. The van der Waals surface area contributed by atoms with Gasteiger partial charge in [0.05, 0.1) is 21.2 Å². The highest BCUT2D eigenvalue weighted by Gasteiger charge is 2.18. The van der Waals surface area contributed by atoms with Gasteiger partial charge >= 0.3 is 0 Å². The zero-order valence-electron chi connectivity index (χ0n) is 12.7. The molecule has 1 N–H and O–H groups in total. The molecule has 3 rings (SSSR count). The van der Waals surface area contributed by atoms with Crippen molar-refractivity contribution in [1.29, 1.82) is 0 Å². The topological polar surface area (TPSA) is 43.3 Å². The molecule has 1 amide bonds. The summed E-state index contributed by atoms with van der Waals surface area (Å²) >= 11 is 5.20. The first-order chi connectivity index (χ1) is 11.2. The number of halogens is 1. The maximum atomic E-state index is 12.3. The Balaban J connectivity index is 1.83. The number of carbonyl (C=O) groups excluding carboxylic acids is 1. The number of thiophene rings is 1. The van der Waals surface area contributed by atoms with Gasteiger partial charge in [-0.2, -0.15) is 0 Å². The Labute approximate surface area is 147 Å². The maximum absolute atomic E-state index is 12.3. The summed E-state index contributed by atoms with van der Waals surface area (Å²) in [5.41, 5.74) is 1.72. The molecule has 0 fully saturated rings. The number of rotatable bonds is 6. The van der Waals surface area contributed by atoms with Crippen molar-refractivity contribution in [2.45, 2.75) is 13.5 Å². The van der Waals surface area contributed by atoms with E-state index in [2.05, 4.69) is 21.2 Å². The Morgan fingerprint density at radius 1 is 1.35 bits per heavy atom. The lowest BCUT2D eigenvalue weighted by Gasteiger charge is -2.12. The van der Waals surface area contributed by atoms with Crippen molar-refractivity contribution in [3.05, 3.63) is 51.9 Å². The molecule has 0 unspecified atom stereocenters. The number of fused-ring (bicyclic) bond motifs is 1. The van der Waals surface area contributed by atoms with Crippen LogP contribution in [0.3, 0.4) is 0 Å². The molecule has 1 aromatic carbocycles. The number of nitrogens with one attached hydrogen (secondary N) is 1. The second-order valence-corrected chi connectivity index (χ2v) is 6.76. The Morgan fingerprint density at radius 2 is 2.13 bits per heavy atom. The molecule has 0 aliphatic carbocycles. The number of nitrogens with zero attached hydrogens (tertiary/aromatic N) is 1. The average Bonchev–Trinajstić information content (AvgIpc) is 3.10. The minimum absolute atomic E-state index is 0.0532. The van der Waals surface area contributed by atoms with Gasteiger partial charge in [0.1, 0.15) is 18.1 Å². The van der Waals surface area contributed by atoms with Gasteiger partial charge in [0.15, 0.2) is 0 Å². The van der Waals surface area contributed by atoms with Gasteiger partial charge in [-0.15, -0.1) is 11.3 Å². The molecule has 4 nitrogen and oxygen atoms in total. The fraction of sp³-hybridized carbons (Fsp3) is 0.235. The summed E-state index contributed by atoms with van der Waals surface area (Å²) in [6.07, 6.45) is 0. The van der Waals surface area contributed by atoms with Crippen LogP contribution in [0.25, 0.3) is 10.2 Å². The van der Waals surface area contributed by atoms with Crippen molar-refractivity contribution < 1.29 is 9.53 Å². The lowest BCUT2D eigenvalue weighted by molar-refractivity contribution is 0.0946. The van der Waals surface area contributed by atoms with Crippen molar-refractivity contribution >= 4 is 43.4 Å². The quantitative estimate of drug-likeness (QED) is 0.679. The zero-order chi connectivity index (χ0) is 16.2. The fourth-order valence-electron chi connectivity index (χ4n) is 2.47. The van der Waals surface area contributed by atoms with Gasteiger partial charge < -0.3 is 14.6 Å². The van der Waals surface area contributed by atoms with Crippen LogP contribution >= 0.6 is 27.3 Å².